The van der Waals surface area contributed by atoms with Crippen LogP contribution < -0.4 is 0 Å². The molecular weight excluding hydrogens is 188 g/mol. The Bertz CT molecular complexity index is 315. The minimum absolute atomic E-state index is 0.170. The van der Waals surface area contributed by atoms with Crippen LogP contribution in [-0.4, -0.2) is 15.6 Å². The summed E-state index contributed by atoms with van der Waals surface area (Å²) in [6.07, 6.45) is 6.53. The summed E-state index contributed by atoms with van der Waals surface area (Å²) < 4.78 is 1.92. The van der Waals surface area contributed by atoms with Crippen LogP contribution in [-0.2, 0) is 17.8 Å². The van der Waals surface area contributed by atoms with Crippen LogP contribution in [0.25, 0.3) is 0 Å². The van der Waals surface area contributed by atoms with Gasteiger partial charge in [0.15, 0.2) is 0 Å². The first-order valence-corrected chi connectivity index (χ1v) is 5.67. The average molecular weight is 208 g/mol. The van der Waals surface area contributed by atoms with Crippen molar-refractivity contribution in [2.24, 2.45) is 5.92 Å². The van der Waals surface area contributed by atoms with Gasteiger partial charge in [0.05, 0.1) is 6.20 Å². The normalized spacial score (nSPS) is 10.9. The Morgan fingerprint density at radius 1 is 1.53 bits per heavy atom. The minimum atomic E-state index is 0.170. The van der Waals surface area contributed by atoms with Crippen LogP contribution in [0.5, 0.6) is 0 Å². The maximum absolute atomic E-state index is 11.4. The summed E-state index contributed by atoms with van der Waals surface area (Å²) in [5.74, 6) is 0.529. The van der Waals surface area contributed by atoms with Gasteiger partial charge in [-0.25, -0.2) is 0 Å². The van der Waals surface area contributed by atoms with Gasteiger partial charge in [-0.3, -0.25) is 9.48 Å². The van der Waals surface area contributed by atoms with E-state index in [0.29, 0.717) is 12.2 Å². The van der Waals surface area contributed by atoms with E-state index in [1.807, 2.05) is 24.7 Å². The molecule has 1 heterocycles. The smallest absolute Gasteiger partial charge is 0.135 e. The quantitative estimate of drug-likeness (QED) is 0.719. The average Bonchev–Trinajstić information content (AvgIpc) is 2.65. The highest BCUT2D eigenvalue weighted by Gasteiger charge is 2.06. The van der Waals surface area contributed by atoms with Gasteiger partial charge < -0.3 is 0 Å². The van der Waals surface area contributed by atoms with Crippen molar-refractivity contribution in [2.45, 2.75) is 46.6 Å². The predicted octanol–water partition coefficient (Wildman–Crippen LogP) is 2.45. The van der Waals surface area contributed by atoms with Crippen molar-refractivity contribution in [3.8, 4) is 0 Å². The topological polar surface area (TPSA) is 34.9 Å². The van der Waals surface area contributed by atoms with Gasteiger partial charge in [0.25, 0.3) is 0 Å². The number of aromatic nitrogens is 2. The van der Waals surface area contributed by atoms with E-state index in [1.165, 1.54) is 5.56 Å². The van der Waals surface area contributed by atoms with Crippen molar-refractivity contribution in [3.05, 3.63) is 18.0 Å². The second-order valence-electron chi connectivity index (χ2n) is 4.18. The molecule has 0 spiro atoms. The Balaban J connectivity index is 2.28. The summed E-state index contributed by atoms with van der Waals surface area (Å²) in [6.45, 7) is 6.89. The summed E-state index contributed by atoms with van der Waals surface area (Å²) in [5.41, 5.74) is 1.23. The van der Waals surface area contributed by atoms with Gasteiger partial charge >= 0.3 is 0 Å². The van der Waals surface area contributed by atoms with E-state index >= 15 is 0 Å². The lowest BCUT2D eigenvalue weighted by molar-refractivity contribution is -0.121. The number of ketones is 1. The first-order chi connectivity index (χ1) is 7.13. The van der Waals surface area contributed by atoms with E-state index < -0.39 is 0 Å². The zero-order chi connectivity index (χ0) is 11.3. The lowest BCUT2D eigenvalue weighted by atomic mass is 10.0. The first-order valence-electron chi connectivity index (χ1n) is 5.67. The van der Waals surface area contributed by atoms with Crippen LogP contribution in [0, 0.1) is 5.92 Å². The molecule has 0 atom stereocenters. The van der Waals surface area contributed by atoms with Crippen LogP contribution in [0.15, 0.2) is 12.4 Å². The van der Waals surface area contributed by atoms with Gasteiger partial charge in [-0.1, -0.05) is 13.8 Å². The van der Waals surface area contributed by atoms with E-state index in [1.54, 1.807) is 0 Å². The zero-order valence-corrected chi connectivity index (χ0v) is 9.86. The fraction of sp³-hybridized carbons (Fsp3) is 0.667. The third kappa shape index (κ3) is 3.86. The highest BCUT2D eigenvalue weighted by atomic mass is 16.1. The minimum Gasteiger partial charge on any atom is -0.299 e. The summed E-state index contributed by atoms with van der Waals surface area (Å²) in [4.78, 5) is 11.4. The molecule has 3 heteroatoms. The molecule has 0 aromatic carbocycles. The molecule has 0 fully saturated rings. The summed E-state index contributed by atoms with van der Waals surface area (Å²) in [7, 11) is 0. The number of carbonyl (C=O) groups excluding carboxylic acids is 1. The highest BCUT2D eigenvalue weighted by Crippen LogP contribution is 2.07. The number of hydrogen-bond donors (Lipinski definition) is 0. The number of aryl methyl sites for hydroxylation is 2. The van der Waals surface area contributed by atoms with Crippen molar-refractivity contribution in [3.63, 3.8) is 0 Å². The second kappa shape index (κ2) is 5.69. The molecule has 3 nitrogen and oxygen atoms in total. The molecule has 15 heavy (non-hydrogen) atoms. The van der Waals surface area contributed by atoms with Crippen molar-refractivity contribution in [1.29, 1.82) is 0 Å². The van der Waals surface area contributed by atoms with E-state index in [2.05, 4.69) is 18.2 Å². The van der Waals surface area contributed by atoms with Gasteiger partial charge in [0.2, 0.25) is 0 Å². The monoisotopic (exact) mass is 208 g/mol. The number of rotatable bonds is 6. The molecule has 1 aromatic rings. The Labute approximate surface area is 91.5 Å². The summed E-state index contributed by atoms with van der Waals surface area (Å²) >= 11 is 0. The molecule has 1 rings (SSSR count). The van der Waals surface area contributed by atoms with Crippen molar-refractivity contribution < 1.29 is 4.79 Å². The van der Waals surface area contributed by atoms with Crippen LogP contribution in [0.3, 0.4) is 0 Å². The van der Waals surface area contributed by atoms with E-state index in [0.717, 1.165) is 19.4 Å². The fourth-order valence-corrected chi connectivity index (χ4v) is 1.46. The van der Waals surface area contributed by atoms with Gasteiger partial charge in [-0.2, -0.15) is 5.10 Å². The molecule has 1 aromatic heterocycles. The maximum Gasteiger partial charge on any atom is 0.135 e. The summed E-state index contributed by atoms with van der Waals surface area (Å²) in [6, 6.07) is 0. The van der Waals surface area contributed by atoms with Crippen LogP contribution in [0.4, 0.5) is 0 Å². The number of hydrogen-bond acceptors (Lipinski definition) is 2. The third-order valence-corrected chi connectivity index (χ3v) is 2.54. The lowest BCUT2D eigenvalue weighted by Crippen LogP contribution is -2.06. The standard InChI is InChI=1S/C12H20N2O/c1-4-14-9-11(8-13-14)6-5-7-12(15)10(2)3/h8-10H,4-7H2,1-3H3. The van der Waals surface area contributed by atoms with Gasteiger partial charge in [-0.05, 0) is 25.3 Å². The maximum atomic E-state index is 11.4. The second-order valence-corrected chi connectivity index (χ2v) is 4.18. The number of Topliss-reactive ketones (excluding diaryl/α,β-unsaturated/α-hetero) is 1. The molecule has 0 amide bonds. The zero-order valence-electron chi connectivity index (χ0n) is 9.86. The SMILES string of the molecule is CCn1cc(CCCC(=O)C(C)C)cn1. The van der Waals surface area contributed by atoms with E-state index in [9.17, 15) is 4.79 Å². The molecule has 0 aliphatic heterocycles. The highest BCUT2D eigenvalue weighted by molar-refractivity contribution is 5.80. The van der Waals surface area contributed by atoms with Crippen molar-refractivity contribution in [2.75, 3.05) is 0 Å². The Morgan fingerprint density at radius 3 is 2.80 bits per heavy atom. The van der Waals surface area contributed by atoms with Crippen LogP contribution in [0.2, 0.25) is 0 Å². The van der Waals surface area contributed by atoms with E-state index in [4.69, 9.17) is 0 Å². The van der Waals surface area contributed by atoms with Crippen molar-refractivity contribution in [1.82, 2.24) is 9.78 Å². The lowest BCUT2D eigenvalue weighted by Gasteiger charge is -2.02. The Hall–Kier alpha value is -1.12. The Morgan fingerprint density at radius 2 is 2.27 bits per heavy atom. The van der Waals surface area contributed by atoms with Crippen molar-refractivity contribution >= 4 is 5.78 Å². The predicted molar refractivity (Wildman–Crippen MR) is 60.7 cm³/mol. The van der Waals surface area contributed by atoms with E-state index in [-0.39, 0.29) is 5.92 Å². The molecule has 0 saturated heterocycles. The largest absolute Gasteiger partial charge is 0.299 e. The molecule has 0 bridgehead atoms. The molecule has 0 aliphatic rings. The first kappa shape index (κ1) is 12.0. The van der Waals surface area contributed by atoms with Gasteiger partial charge in [0, 0.05) is 25.1 Å². The molecule has 0 radical (unpaired) electrons. The molecule has 0 unspecified atom stereocenters. The molecule has 0 aliphatic carbocycles. The Kier molecular flexibility index (Phi) is 4.53. The third-order valence-electron chi connectivity index (χ3n) is 2.54. The molecular formula is C12H20N2O. The molecule has 84 valence electrons. The van der Waals surface area contributed by atoms with Crippen LogP contribution >= 0.6 is 0 Å². The van der Waals surface area contributed by atoms with Gasteiger partial charge in [-0.15, -0.1) is 0 Å². The molecule has 0 saturated carbocycles. The number of nitrogens with zero attached hydrogens (tertiary/aromatic N) is 2. The van der Waals surface area contributed by atoms with Gasteiger partial charge in [0.1, 0.15) is 5.78 Å². The van der Waals surface area contributed by atoms with Crippen LogP contribution in [0.1, 0.15) is 39.2 Å². The molecule has 0 N–H and O–H groups in total. The number of carbonyl (C=O) groups is 1. The fourth-order valence-electron chi connectivity index (χ4n) is 1.46. The summed E-state index contributed by atoms with van der Waals surface area (Å²) in [5, 5.41) is 4.20.